The van der Waals surface area contributed by atoms with Gasteiger partial charge < -0.3 is 10.0 Å². The molecule has 0 bridgehead atoms. The van der Waals surface area contributed by atoms with Gasteiger partial charge in [0, 0.05) is 0 Å². The van der Waals surface area contributed by atoms with Crippen molar-refractivity contribution in [3.63, 3.8) is 0 Å². The number of hydrogen-bond acceptors (Lipinski definition) is 2. The summed E-state index contributed by atoms with van der Waals surface area (Å²) in [6.07, 6.45) is 15.3. The van der Waals surface area contributed by atoms with Gasteiger partial charge in [-0.3, -0.25) is 0 Å². The SMILES string of the molecule is C[C@H](CCCN(C)C)[C@H]1C(O)C[C@H]2[C@@H]3CCC4CCCC[C@]4(C)[C@H]3CC[C@]12C. The Balaban J connectivity index is 1.51. The van der Waals surface area contributed by atoms with E-state index in [-0.39, 0.29) is 6.10 Å². The van der Waals surface area contributed by atoms with Crippen LogP contribution in [-0.4, -0.2) is 36.8 Å². The maximum absolute atomic E-state index is 11.2. The van der Waals surface area contributed by atoms with Crippen molar-refractivity contribution in [2.24, 2.45) is 46.3 Å². The first-order valence-corrected chi connectivity index (χ1v) is 12.6. The quantitative estimate of drug-likeness (QED) is 0.625. The van der Waals surface area contributed by atoms with Crippen molar-refractivity contribution in [3.05, 3.63) is 0 Å². The molecular formula is C26H47NO. The third-order valence-electron chi connectivity index (χ3n) is 10.6. The second-order valence-corrected chi connectivity index (χ2v) is 12.2. The lowest BCUT2D eigenvalue weighted by Crippen LogP contribution is -2.53. The first-order valence-electron chi connectivity index (χ1n) is 12.6. The minimum Gasteiger partial charge on any atom is -0.393 e. The summed E-state index contributed by atoms with van der Waals surface area (Å²) >= 11 is 0. The van der Waals surface area contributed by atoms with E-state index in [1.54, 1.807) is 0 Å². The molecule has 4 saturated carbocycles. The molecule has 0 saturated heterocycles. The molecule has 162 valence electrons. The normalized spacial score (nSPS) is 49.4. The molecule has 0 radical (unpaired) electrons. The molecule has 4 aliphatic carbocycles. The van der Waals surface area contributed by atoms with Crippen LogP contribution in [0.15, 0.2) is 0 Å². The summed E-state index contributed by atoms with van der Waals surface area (Å²) in [6.45, 7) is 8.88. The number of rotatable bonds is 5. The Morgan fingerprint density at radius 2 is 1.75 bits per heavy atom. The Morgan fingerprint density at radius 1 is 0.964 bits per heavy atom. The Kier molecular flexibility index (Phi) is 5.95. The molecule has 28 heavy (non-hydrogen) atoms. The van der Waals surface area contributed by atoms with Crippen LogP contribution in [0.4, 0.5) is 0 Å². The van der Waals surface area contributed by atoms with Gasteiger partial charge in [-0.15, -0.1) is 0 Å². The van der Waals surface area contributed by atoms with Crippen LogP contribution in [0.5, 0.6) is 0 Å². The number of fused-ring (bicyclic) bond motifs is 5. The van der Waals surface area contributed by atoms with Crippen LogP contribution in [0.2, 0.25) is 0 Å². The number of aliphatic hydroxyl groups excluding tert-OH is 1. The highest BCUT2D eigenvalue weighted by Gasteiger charge is 2.62. The van der Waals surface area contributed by atoms with Gasteiger partial charge in [0.1, 0.15) is 0 Å². The summed E-state index contributed by atoms with van der Waals surface area (Å²) in [5.41, 5.74) is 0.999. The summed E-state index contributed by atoms with van der Waals surface area (Å²) in [6, 6.07) is 0. The minimum absolute atomic E-state index is 0.0556. The van der Waals surface area contributed by atoms with Crippen LogP contribution in [0.1, 0.15) is 91.4 Å². The first-order chi connectivity index (χ1) is 13.3. The fraction of sp³-hybridized carbons (Fsp3) is 1.00. The number of aliphatic hydroxyl groups is 1. The molecule has 0 aliphatic heterocycles. The topological polar surface area (TPSA) is 23.5 Å². The average Bonchev–Trinajstić information content (AvgIpc) is 2.91. The predicted molar refractivity (Wildman–Crippen MR) is 118 cm³/mol. The Labute approximate surface area is 174 Å². The molecule has 9 atom stereocenters. The van der Waals surface area contributed by atoms with Gasteiger partial charge in [0.2, 0.25) is 0 Å². The third-order valence-corrected chi connectivity index (χ3v) is 10.6. The van der Waals surface area contributed by atoms with E-state index in [9.17, 15) is 5.11 Å². The van der Waals surface area contributed by atoms with E-state index in [0.717, 1.165) is 30.1 Å². The molecule has 4 fully saturated rings. The zero-order valence-electron chi connectivity index (χ0n) is 19.4. The monoisotopic (exact) mass is 389 g/mol. The van der Waals surface area contributed by atoms with Crippen LogP contribution < -0.4 is 0 Å². The third kappa shape index (κ3) is 3.39. The smallest absolute Gasteiger partial charge is 0.0579 e. The molecule has 2 unspecified atom stereocenters. The highest BCUT2D eigenvalue weighted by atomic mass is 16.3. The summed E-state index contributed by atoms with van der Waals surface area (Å²) < 4.78 is 0. The number of hydrogen-bond donors (Lipinski definition) is 1. The van der Waals surface area contributed by atoms with Gasteiger partial charge in [0.05, 0.1) is 6.10 Å². The van der Waals surface area contributed by atoms with Crippen LogP contribution in [0.25, 0.3) is 0 Å². The fourth-order valence-corrected chi connectivity index (χ4v) is 9.29. The summed E-state index contributed by atoms with van der Waals surface area (Å²) in [5.74, 6) is 4.80. The number of nitrogens with zero attached hydrogens (tertiary/aromatic N) is 1. The Hall–Kier alpha value is -0.0800. The van der Waals surface area contributed by atoms with Crippen LogP contribution in [0, 0.1) is 46.3 Å². The van der Waals surface area contributed by atoms with E-state index in [0.29, 0.717) is 22.7 Å². The molecule has 4 rings (SSSR count). The zero-order chi connectivity index (χ0) is 20.1. The van der Waals surface area contributed by atoms with Crippen LogP contribution in [-0.2, 0) is 0 Å². The van der Waals surface area contributed by atoms with Crippen molar-refractivity contribution >= 4 is 0 Å². The van der Waals surface area contributed by atoms with E-state index >= 15 is 0 Å². The largest absolute Gasteiger partial charge is 0.393 e. The fourth-order valence-electron chi connectivity index (χ4n) is 9.29. The van der Waals surface area contributed by atoms with Crippen molar-refractivity contribution in [2.75, 3.05) is 20.6 Å². The maximum atomic E-state index is 11.2. The molecule has 0 heterocycles. The van der Waals surface area contributed by atoms with Crippen LogP contribution in [0.3, 0.4) is 0 Å². The van der Waals surface area contributed by atoms with E-state index in [2.05, 4.69) is 39.8 Å². The lowest BCUT2D eigenvalue weighted by molar-refractivity contribution is -0.115. The van der Waals surface area contributed by atoms with Gasteiger partial charge in [0.25, 0.3) is 0 Å². The van der Waals surface area contributed by atoms with Crippen molar-refractivity contribution in [1.82, 2.24) is 4.90 Å². The van der Waals surface area contributed by atoms with Crippen molar-refractivity contribution < 1.29 is 5.11 Å². The van der Waals surface area contributed by atoms with Gasteiger partial charge in [0.15, 0.2) is 0 Å². The lowest BCUT2D eigenvalue weighted by atomic mass is 9.44. The molecule has 0 aromatic carbocycles. The molecule has 2 heteroatoms. The summed E-state index contributed by atoms with van der Waals surface area (Å²) in [4.78, 5) is 2.30. The van der Waals surface area contributed by atoms with Gasteiger partial charge >= 0.3 is 0 Å². The maximum Gasteiger partial charge on any atom is 0.0579 e. The Bertz CT molecular complexity index is 547. The lowest BCUT2D eigenvalue weighted by Gasteiger charge is -2.60. The van der Waals surface area contributed by atoms with Crippen molar-refractivity contribution in [2.45, 2.75) is 97.5 Å². The highest BCUT2D eigenvalue weighted by Crippen LogP contribution is 2.68. The molecule has 1 N–H and O–H groups in total. The molecule has 0 amide bonds. The molecule has 0 spiro atoms. The first kappa shape index (κ1) is 21.2. The van der Waals surface area contributed by atoms with Gasteiger partial charge in [-0.05, 0) is 125 Å². The van der Waals surface area contributed by atoms with E-state index in [1.165, 1.54) is 70.8 Å². The summed E-state index contributed by atoms with van der Waals surface area (Å²) in [5, 5.41) is 11.2. The second-order valence-electron chi connectivity index (χ2n) is 12.2. The molecule has 0 aromatic heterocycles. The van der Waals surface area contributed by atoms with Gasteiger partial charge in [-0.1, -0.05) is 33.6 Å². The summed E-state index contributed by atoms with van der Waals surface area (Å²) in [7, 11) is 4.35. The molecular weight excluding hydrogens is 342 g/mol. The van der Waals surface area contributed by atoms with Crippen molar-refractivity contribution in [3.8, 4) is 0 Å². The average molecular weight is 390 g/mol. The predicted octanol–water partition coefficient (Wildman–Crippen LogP) is 5.98. The second kappa shape index (κ2) is 7.88. The molecule has 0 aromatic rings. The molecule has 2 nitrogen and oxygen atoms in total. The van der Waals surface area contributed by atoms with Crippen molar-refractivity contribution in [1.29, 1.82) is 0 Å². The molecule has 4 aliphatic rings. The van der Waals surface area contributed by atoms with E-state index in [4.69, 9.17) is 0 Å². The van der Waals surface area contributed by atoms with Gasteiger partial charge in [-0.25, -0.2) is 0 Å². The standard InChI is InChI=1S/C26H47NO/c1-18(9-8-16-27(4)5)24-23(28)17-22-20-12-11-19-10-6-7-14-25(19,2)21(20)13-15-26(22,24)3/h18-24,28H,6-17H2,1-5H3/t18-,19?,20-,21+,22+,23?,24+,25+,26+/m1/s1. The Morgan fingerprint density at radius 3 is 2.50 bits per heavy atom. The zero-order valence-corrected chi connectivity index (χ0v) is 19.4. The van der Waals surface area contributed by atoms with Gasteiger partial charge in [-0.2, -0.15) is 0 Å². The van der Waals surface area contributed by atoms with Crippen LogP contribution >= 0.6 is 0 Å². The minimum atomic E-state index is -0.0556. The highest BCUT2D eigenvalue weighted by molar-refractivity contribution is 5.11. The van der Waals surface area contributed by atoms with E-state index < -0.39 is 0 Å². The van der Waals surface area contributed by atoms with E-state index in [1.807, 2.05) is 0 Å².